The summed E-state index contributed by atoms with van der Waals surface area (Å²) in [4.78, 5) is 12.2. The molecule has 0 saturated heterocycles. The molecule has 3 nitrogen and oxygen atoms in total. The molecule has 1 amide bonds. The van der Waals surface area contributed by atoms with Gasteiger partial charge in [-0.05, 0) is 53.8 Å². The highest BCUT2D eigenvalue weighted by Crippen LogP contribution is 2.25. The maximum atomic E-state index is 12.2. The van der Waals surface area contributed by atoms with E-state index in [-0.39, 0.29) is 12.5 Å². The largest absolute Gasteiger partial charge is 0.338 e. The number of amides is 1. The minimum absolute atomic E-state index is 0.111. The molecule has 2 aromatic carbocycles. The van der Waals surface area contributed by atoms with E-state index in [1.807, 2.05) is 16.8 Å². The summed E-state index contributed by atoms with van der Waals surface area (Å²) in [6.07, 6.45) is 2.93. The Morgan fingerprint density at radius 2 is 1.91 bits per heavy atom. The van der Waals surface area contributed by atoms with Crippen LogP contribution in [0.25, 0.3) is 10.9 Å². The van der Waals surface area contributed by atoms with E-state index in [1.54, 1.807) is 18.2 Å². The first kappa shape index (κ1) is 15.9. The lowest BCUT2D eigenvalue weighted by atomic mass is 10.1. The van der Waals surface area contributed by atoms with Crippen molar-refractivity contribution in [3.8, 4) is 0 Å². The fraction of sp³-hybridized carbons (Fsp3) is 0.167. The van der Waals surface area contributed by atoms with Gasteiger partial charge in [0.05, 0.1) is 10.0 Å². The molecule has 0 radical (unpaired) electrons. The van der Waals surface area contributed by atoms with E-state index in [0.717, 1.165) is 17.3 Å². The van der Waals surface area contributed by atoms with E-state index in [0.29, 0.717) is 15.7 Å². The standard InChI is InChI=1S/C18H16Cl2N2O/c1-2-12-3-6-17-13(9-12)7-8-22(17)11-18(23)21-14-4-5-15(19)16(20)10-14/h3-10H,2,11H2,1H3,(H,21,23). The second-order valence-corrected chi connectivity index (χ2v) is 6.18. The van der Waals surface area contributed by atoms with E-state index >= 15 is 0 Å². The number of nitrogens with zero attached hydrogens (tertiary/aromatic N) is 1. The first-order chi connectivity index (χ1) is 11.1. The zero-order valence-corrected chi connectivity index (χ0v) is 14.2. The fourth-order valence-corrected chi connectivity index (χ4v) is 2.83. The van der Waals surface area contributed by atoms with Crippen LogP contribution in [0.3, 0.4) is 0 Å². The predicted octanol–water partition coefficient (Wildman–Crippen LogP) is 5.15. The molecule has 1 N–H and O–H groups in total. The van der Waals surface area contributed by atoms with E-state index in [2.05, 4.69) is 30.4 Å². The maximum Gasteiger partial charge on any atom is 0.244 e. The first-order valence-corrected chi connectivity index (χ1v) is 8.15. The number of fused-ring (bicyclic) bond motifs is 1. The summed E-state index contributed by atoms with van der Waals surface area (Å²) in [7, 11) is 0. The Hall–Kier alpha value is -1.97. The highest BCUT2D eigenvalue weighted by Gasteiger charge is 2.08. The summed E-state index contributed by atoms with van der Waals surface area (Å²) in [5.74, 6) is -0.111. The summed E-state index contributed by atoms with van der Waals surface area (Å²) >= 11 is 11.8. The zero-order chi connectivity index (χ0) is 16.4. The molecule has 3 aromatic rings. The number of hydrogen-bond acceptors (Lipinski definition) is 1. The number of nitrogens with one attached hydrogen (secondary N) is 1. The van der Waals surface area contributed by atoms with E-state index in [4.69, 9.17) is 23.2 Å². The normalized spacial score (nSPS) is 10.9. The molecule has 23 heavy (non-hydrogen) atoms. The van der Waals surface area contributed by atoms with Gasteiger partial charge in [0.15, 0.2) is 0 Å². The van der Waals surface area contributed by atoms with Gasteiger partial charge in [-0.2, -0.15) is 0 Å². The Bertz CT molecular complexity index is 871. The molecule has 0 aliphatic heterocycles. The Morgan fingerprint density at radius 1 is 1.09 bits per heavy atom. The molecule has 0 fully saturated rings. The van der Waals surface area contributed by atoms with Crippen molar-refractivity contribution in [3.05, 3.63) is 64.3 Å². The Morgan fingerprint density at radius 3 is 2.65 bits per heavy atom. The van der Waals surface area contributed by atoms with Crippen LogP contribution in [-0.4, -0.2) is 10.5 Å². The van der Waals surface area contributed by atoms with Crippen molar-refractivity contribution in [2.24, 2.45) is 0 Å². The van der Waals surface area contributed by atoms with Crippen molar-refractivity contribution in [1.29, 1.82) is 0 Å². The van der Waals surface area contributed by atoms with Gasteiger partial charge >= 0.3 is 0 Å². The van der Waals surface area contributed by atoms with Crippen LogP contribution in [-0.2, 0) is 17.8 Å². The smallest absolute Gasteiger partial charge is 0.244 e. The summed E-state index contributed by atoms with van der Waals surface area (Å²) in [5.41, 5.74) is 2.97. The zero-order valence-electron chi connectivity index (χ0n) is 12.6. The third kappa shape index (κ3) is 3.52. The number of anilines is 1. The molecule has 0 saturated carbocycles. The lowest BCUT2D eigenvalue weighted by molar-refractivity contribution is -0.116. The minimum Gasteiger partial charge on any atom is -0.338 e. The molecular formula is C18H16Cl2N2O. The van der Waals surface area contributed by atoms with Crippen molar-refractivity contribution in [2.45, 2.75) is 19.9 Å². The number of rotatable bonds is 4. The molecule has 0 atom stereocenters. The molecule has 118 valence electrons. The van der Waals surface area contributed by atoms with Gasteiger partial charge < -0.3 is 9.88 Å². The van der Waals surface area contributed by atoms with E-state index in [1.165, 1.54) is 5.56 Å². The highest BCUT2D eigenvalue weighted by molar-refractivity contribution is 6.42. The molecule has 3 rings (SSSR count). The number of aromatic nitrogens is 1. The van der Waals surface area contributed by atoms with Crippen molar-refractivity contribution in [2.75, 3.05) is 5.32 Å². The number of hydrogen-bond donors (Lipinski definition) is 1. The average Bonchev–Trinajstić information content (AvgIpc) is 2.93. The van der Waals surface area contributed by atoms with Gasteiger partial charge in [-0.15, -0.1) is 0 Å². The number of benzene rings is 2. The molecule has 0 bridgehead atoms. The topological polar surface area (TPSA) is 34.0 Å². The molecule has 1 aromatic heterocycles. The van der Waals surface area contributed by atoms with Gasteiger partial charge in [-0.25, -0.2) is 0 Å². The van der Waals surface area contributed by atoms with Gasteiger partial charge in [-0.1, -0.05) is 36.2 Å². The monoisotopic (exact) mass is 346 g/mol. The summed E-state index contributed by atoms with van der Waals surface area (Å²) in [6, 6.07) is 13.4. The van der Waals surface area contributed by atoms with Crippen molar-refractivity contribution < 1.29 is 4.79 Å². The molecule has 0 unspecified atom stereocenters. The number of carbonyl (C=O) groups is 1. The number of carbonyl (C=O) groups excluding carboxylic acids is 1. The SMILES string of the molecule is CCc1ccc2c(ccn2CC(=O)Nc2ccc(Cl)c(Cl)c2)c1. The van der Waals surface area contributed by atoms with Crippen LogP contribution in [0, 0.1) is 0 Å². The fourth-order valence-electron chi connectivity index (χ4n) is 2.54. The summed E-state index contributed by atoms with van der Waals surface area (Å²) in [6.45, 7) is 2.37. The lowest BCUT2D eigenvalue weighted by Crippen LogP contribution is -2.18. The average molecular weight is 347 g/mol. The van der Waals surface area contributed by atoms with Crippen molar-refractivity contribution in [1.82, 2.24) is 4.57 Å². The third-order valence-electron chi connectivity index (χ3n) is 3.76. The van der Waals surface area contributed by atoms with Crippen LogP contribution in [0.2, 0.25) is 10.0 Å². The van der Waals surface area contributed by atoms with E-state index < -0.39 is 0 Å². The van der Waals surface area contributed by atoms with Crippen molar-refractivity contribution in [3.63, 3.8) is 0 Å². The van der Waals surface area contributed by atoms with Crippen LogP contribution in [0.4, 0.5) is 5.69 Å². The summed E-state index contributed by atoms with van der Waals surface area (Å²) in [5, 5.41) is 4.86. The van der Waals surface area contributed by atoms with Crippen LogP contribution >= 0.6 is 23.2 Å². The van der Waals surface area contributed by atoms with Gasteiger partial charge in [0.1, 0.15) is 6.54 Å². The lowest BCUT2D eigenvalue weighted by Gasteiger charge is -2.08. The molecule has 0 aliphatic rings. The summed E-state index contributed by atoms with van der Waals surface area (Å²) < 4.78 is 1.93. The Kier molecular flexibility index (Phi) is 4.60. The van der Waals surface area contributed by atoms with Crippen LogP contribution in [0.5, 0.6) is 0 Å². The minimum atomic E-state index is -0.111. The molecule has 0 spiro atoms. The second-order valence-electron chi connectivity index (χ2n) is 5.37. The first-order valence-electron chi connectivity index (χ1n) is 7.39. The highest BCUT2D eigenvalue weighted by atomic mass is 35.5. The molecule has 5 heteroatoms. The molecular weight excluding hydrogens is 331 g/mol. The van der Waals surface area contributed by atoms with Gasteiger partial charge in [0.2, 0.25) is 5.91 Å². The van der Waals surface area contributed by atoms with Gasteiger partial charge in [0.25, 0.3) is 0 Å². The number of halogens is 2. The van der Waals surface area contributed by atoms with Crippen LogP contribution in [0.1, 0.15) is 12.5 Å². The maximum absolute atomic E-state index is 12.2. The quantitative estimate of drug-likeness (QED) is 0.696. The number of aryl methyl sites for hydroxylation is 1. The second kappa shape index (κ2) is 6.65. The van der Waals surface area contributed by atoms with Gasteiger partial charge in [0, 0.05) is 17.4 Å². The molecule has 1 heterocycles. The van der Waals surface area contributed by atoms with Crippen LogP contribution in [0.15, 0.2) is 48.7 Å². The predicted molar refractivity (Wildman–Crippen MR) is 96.4 cm³/mol. The molecule has 0 aliphatic carbocycles. The Balaban J connectivity index is 1.76. The van der Waals surface area contributed by atoms with Crippen LogP contribution < -0.4 is 5.32 Å². The van der Waals surface area contributed by atoms with Crippen molar-refractivity contribution >= 4 is 45.7 Å². The Labute approximate surface area is 144 Å². The van der Waals surface area contributed by atoms with E-state index in [9.17, 15) is 4.79 Å². The van der Waals surface area contributed by atoms with Gasteiger partial charge in [-0.3, -0.25) is 4.79 Å². The third-order valence-corrected chi connectivity index (χ3v) is 4.50.